The van der Waals surface area contributed by atoms with Gasteiger partial charge in [-0.3, -0.25) is 4.79 Å². The molecule has 0 aliphatic heterocycles. The molecule has 0 spiro atoms. The molecule has 0 fully saturated rings. The largest absolute Gasteiger partial charge is 0.453 e. The zero-order chi connectivity index (χ0) is 15.6. The number of rotatable bonds is 3. The first kappa shape index (κ1) is 14.7. The van der Waals surface area contributed by atoms with Crippen LogP contribution in [0.15, 0.2) is 30.3 Å². The second kappa shape index (κ2) is 5.76. The van der Waals surface area contributed by atoms with Gasteiger partial charge in [-0.15, -0.1) is 0 Å². The predicted octanol–water partition coefficient (Wildman–Crippen LogP) is 4.31. The van der Waals surface area contributed by atoms with Crippen LogP contribution in [0.25, 0.3) is 0 Å². The van der Waals surface area contributed by atoms with Crippen molar-refractivity contribution in [2.45, 2.75) is 20.8 Å². The standard InChI is InChI=1S/C17H14FNO2/c1-10-7-13(9-19)8-11(2)16(10)21-17-14(12(3)20)5-4-6-15(17)18/h4-8H,1-3H3. The van der Waals surface area contributed by atoms with E-state index >= 15 is 0 Å². The summed E-state index contributed by atoms with van der Waals surface area (Å²) in [4.78, 5) is 11.6. The number of para-hydroxylation sites is 1. The molecule has 0 aliphatic carbocycles. The van der Waals surface area contributed by atoms with Crippen LogP contribution in [-0.2, 0) is 0 Å². The number of Topliss-reactive ketones (excluding diaryl/α,β-unsaturated/α-hetero) is 1. The molecule has 3 nitrogen and oxygen atoms in total. The van der Waals surface area contributed by atoms with Crippen molar-refractivity contribution in [3.8, 4) is 17.6 Å². The lowest BCUT2D eigenvalue weighted by Crippen LogP contribution is -2.01. The highest BCUT2D eigenvalue weighted by atomic mass is 19.1. The summed E-state index contributed by atoms with van der Waals surface area (Å²) < 4.78 is 19.6. The van der Waals surface area contributed by atoms with Gasteiger partial charge >= 0.3 is 0 Å². The monoisotopic (exact) mass is 283 g/mol. The summed E-state index contributed by atoms with van der Waals surface area (Å²) in [5.74, 6) is -0.484. The summed E-state index contributed by atoms with van der Waals surface area (Å²) in [7, 11) is 0. The van der Waals surface area contributed by atoms with Crippen molar-refractivity contribution in [2.24, 2.45) is 0 Å². The summed E-state index contributed by atoms with van der Waals surface area (Å²) >= 11 is 0. The van der Waals surface area contributed by atoms with Crippen molar-refractivity contribution in [2.75, 3.05) is 0 Å². The number of halogens is 1. The molecule has 2 aromatic rings. The SMILES string of the molecule is CC(=O)c1cccc(F)c1Oc1c(C)cc(C#N)cc1C. The van der Waals surface area contributed by atoms with Gasteiger partial charge in [-0.2, -0.15) is 5.26 Å². The van der Waals surface area contributed by atoms with Crippen LogP contribution in [0.4, 0.5) is 4.39 Å². The van der Waals surface area contributed by atoms with Gasteiger partial charge in [-0.25, -0.2) is 4.39 Å². The normalized spacial score (nSPS) is 10.0. The van der Waals surface area contributed by atoms with Crippen molar-refractivity contribution < 1.29 is 13.9 Å². The van der Waals surface area contributed by atoms with Crippen molar-refractivity contribution in [3.05, 3.63) is 58.4 Å². The van der Waals surface area contributed by atoms with Crippen molar-refractivity contribution in [3.63, 3.8) is 0 Å². The molecule has 21 heavy (non-hydrogen) atoms. The Kier molecular flexibility index (Phi) is 4.04. The molecule has 0 aromatic heterocycles. The maximum atomic E-state index is 14.0. The smallest absolute Gasteiger partial charge is 0.173 e. The number of hydrogen-bond acceptors (Lipinski definition) is 3. The van der Waals surface area contributed by atoms with E-state index in [-0.39, 0.29) is 17.1 Å². The molecule has 2 aromatic carbocycles. The Hall–Kier alpha value is -2.67. The van der Waals surface area contributed by atoms with E-state index in [1.807, 2.05) is 0 Å². The molecule has 2 rings (SSSR count). The maximum absolute atomic E-state index is 14.0. The van der Waals surface area contributed by atoms with Gasteiger partial charge in [-0.1, -0.05) is 6.07 Å². The van der Waals surface area contributed by atoms with Gasteiger partial charge in [-0.05, 0) is 56.2 Å². The van der Waals surface area contributed by atoms with Gasteiger partial charge in [0.05, 0.1) is 17.2 Å². The average molecular weight is 283 g/mol. The summed E-state index contributed by atoms with van der Waals surface area (Å²) in [6.07, 6.45) is 0. The highest BCUT2D eigenvalue weighted by Crippen LogP contribution is 2.33. The zero-order valence-electron chi connectivity index (χ0n) is 12.0. The Bertz CT molecular complexity index is 737. The van der Waals surface area contributed by atoms with E-state index in [9.17, 15) is 9.18 Å². The van der Waals surface area contributed by atoms with Crippen LogP contribution in [0.2, 0.25) is 0 Å². The van der Waals surface area contributed by atoms with E-state index in [1.54, 1.807) is 26.0 Å². The van der Waals surface area contributed by atoms with Crippen LogP contribution >= 0.6 is 0 Å². The molecule has 0 bridgehead atoms. The number of hydrogen-bond donors (Lipinski definition) is 0. The Balaban J connectivity index is 2.54. The van der Waals surface area contributed by atoms with E-state index in [1.165, 1.54) is 25.1 Å². The molecule has 0 heterocycles. The van der Waals surface area contributed by atoms with Crippen LogP contribution in [0, 0.1) is 31.0 Å². The Morgan fingerprint density at radius 2 is 1.81 bits per heavy atom. The highest BCUT2D eigenvalue weighted by molar-refractivity contribution is 5.97. The van der Waals surface area contributed by atoms with E-state index < -0.39 is 5.82 Å². The lowest BCUT2D eigenvalue weighted by Gasteiger charge is -2.15. The third kappa shape index (κ3) is 2.92. The third-order valence-electron chi connectivity index (χ3n) is 3.14. The van der Waals surface area contributed by atoms with Gasteiger partial charge < -0.3 is 4.74 Å². The summed E-state index contributed by atoms with van der Waals surface area (Å²) in [6, 6.07) is 9.62. The fraction of sp³-hybridized carbons (Fsp3) is 0.176. The number of aryl methyl sites for hydroxylation is 2. The van der Waals surface area contributed by atoms with Crippen molar-refractivity contribution in [1.29, 1.82) is 5.26 Å². The first-order valence-electron chi connectivity index (χ1n) is 6.42. The molecule has 0 unspecified atom stereocenters. The van der Waals surface area contributed by atoms with Crippen LogP contribution in [-0.4, -0.2) is 5.78 Å². The number of carbonyl (C=O) groups excluding carboxylic acids is 1. The maximum Gasteiger partial charge on any atom is 0.173 e. The first-order valence-corrected chi connectivity index (χ1v) is 6.42. The Morgan fingerprint density at radius 1 is 1.19 bits per heavy atom. The Morgan fingerprint density at radius 3 is 2.33 bits per heavy atom. The molecule has 0 saturated heterocycles. The molecule has 0 N–H and O–H groups in total. The number of ether oxygens (including phenoxy) is 1. The van der Waals surface area contributed by atoms with Gasteiger partial charge in [0, 0.05) is 0 Å². The topological polar surface area (TPSA) is 50.1 Å². The van der Waals surface area contributed by atoms with Crippen LogP contribution < -0.4 is 4.74 Å². The minimum Gasteiger partial charge on any atom is -0.453 e. The highest BCUT2D eigenvalue weighted by Gasteiger charge is 2.16. The Labute approximate surface area is 122 Å². The molecule has 0 atom stereocenters. The molecule has 0 saturated carbocycles. The number of ketones is 1. The minimum absolute atomic E-state index is 0.0825. The van der Waals surface area contributed by atoms with Gasteiger partial charge in [0.25, 0.3) is 0 Å². The van der Waals surface area contributed by atoms with E-state index in [0.29, 0.717) is 22.4 Å². The lowest BCUT2D eigenvalue weighted by atomic mass is 10.1. The number of nitrogens with zero attached hydrogens (tertiary/aromatic N) is 1. The summed E-state index contributed by atoms with van der Waals surface area (Å²) in [5, 5.41) is 8.93. The first-order chi connectivity index (χ1) is 9.93. The molecular weight excluding hydrogens is 269 g/mol. The number of benzene rings is 2. The third-order valence-corrected chi connectivity index (χ3v) is 3.14. The van der Waals surface area contributed by atoms with Gasteiger partial charge in [0.1, 0.15) is 5.75 Å². The molecular formula is C17H14FNO2. The predicted molar refractivity (Wildman–Crippen MR) is 77.1 cm³/mol. The minimum atomic E-state index is -0.592. The molecule has 0 radical (unpaired) electrons. The zero-order valence-corrected chi connectivity index (χ0v) is 12.0. The van der Waals surface area contributed by atoms with Crippen LogP contribution in [0.1, 0.15) is 34.0 Å². The fourth-order valence-electron chi connectivity index (χ4n) is 2.17. The van der Waals surface area contributed by atoms with Crippen LogP contribution in [0.3, 0.4) is 0 Å². The summed E-state index contributed by atoms with van der Waals surface area (Å²) in [6.45, 7) is 4.91. The van der Waals surface area contributed by atoms with Crippen LogP contribution in [0.5, 0.6) is 11.5 Å². The second-order valence-corrected chi connectivity index (χ2v) is 4.83. The van der Waals surface area contributed by atoms with Gasteiger partial charge in [0.15, 0.2) is 17.3 Å². The lowest BCUT2D eigenvalue weighted by molar-refractivity contribution is 0.101. The molecule has 0 aliphatic rings. The van der Waals surface area contributed by atoms with Crippen molar-refractivity contribution >= 4 is 5.78 Å². The van der Waals surface area contributed by atoms with E-state index in [4.69, 9.17) is 10.00 Å². The molecule has 106 valence electrons. The van der Waals surface area contributed by atoms with E-state index in [2.05, 4.69) is 6.07 Å². The number of carbonyl (C=O) groups is 1. The summed E-state index contributed by atoms with van der Waals surface area (Å²) in [5.41, 5.74) is 2.13. The molecule has 0 amide bonds. The average Bonchev–Trinajstić information content (AvgIpc) is 2.43. The number of nitriles is 1. The molecule has 4 heteroatoms. The quantitative estimate of drug-likeness (QED) is 0.789. The fourth-order valence-corrected chi connectivity index (χ4v) is 2.17. The van der Waals surface area contributed by atoms with Crippen molar-refractivity contribution in [1.82, 2.24) is 0 Å². The van der Waals surface area contributed by atoms with E-state index in [0.717, 1.165) is 0 Å². The van der Waals surface area contributed by atoms with Gasteiger partial charge in [0.2, 0.25) is 0 Å². The second-order valence-electron chi connectivity index (χ2n) is 4.83.